The van der Waals surface area contributed by atoms with E-state index in [1.807, 2.05) is 0 Å². The Morgan fingerprint density at radius 3 is 1.59 bits per heavy atom. The first-order valence-corrected chi connectivity index (χ1v) is 10.4. The van der Waals surface area contributed by atoms with Gasteiger partial charge in [-0.05, 0) is 19.3 Å². The summed E-state index contributed by atoms with van der Waals surface area (Å²) in [6.45, 7) is 2.29. The van der Waals surface area contributed by atoms with Gasteiger partial charge in [0.25, 0.3) is 0 Å². The number of rotatable bonds is 15. The smallest absolute Gasteiger partial charge is 0.135 e. The normalized spacial score (nSPS) is 18.2. The molecule has 130 valence electrons. The summed E-state index contributed by atoms with van der Waals surface area (Å²) in [6.07, 6.45) is 24.2. The maximum atomic E-state index is 11.5. The average molecular weight is 309 g/mol. The topological polar surface area (TPSA) is 17.1 Å². The Hall–Kier alpha value is -0.330. The second-order valence-corrected chi connectivity index (χ2v) is 7.44. The van der Waals surface area contributed by atoms with Gasteiger partial charge in [0.05, 0.1) is 0 Å². The van der Waals surface area contributed by atoms with E-state index in [1.54, 1.807) is 0 Å². The Bertz CT molecular complexity index is 259. The molecule has 1 aliphatic rings. The zero-order valence-electron chi connectivity index (χ0n) is 15.2. The molecule has 0 saturated heterocycles. The fourth-order valence-corrected chi connectivity index (χ4v) is 3.78. The quantitative estimate of drug-likeness (QED) is 0.292. The molecule has 0 N–H and O–H groups in total. The number of hydrogen-bond donors (Lipinski definition) is 0. The van der Waals surface area contributed by atoms with Crippen molar-refractivity contribution in [2.24, 2.45) is 5.92 Å². The molecule has 0 aromatic heterocycles. The van der Waals surface area contributed by atoms with Crippen molar-refractivity contribution < 1.29 is 4.79 Å². The molecule has 1 unspecified atom stereocenters. The summed E-state index contributed by atoms with van der Waals surface area (Å²) >= 11 is 0. The van der Waals surface area contributed by atoms with Crippen molar-refractivity contribution in [1.29, 1.82) is 0 Å². The van der Waals surface area contributed by atoms with Gasteiger partial charge in [-0.2, -0.15) is 0 Å². The van der Waals surface area contributed by atoms with Crippen LogP contribution in [-0.2, 0) is 4.79 Å². The Balaban J connectivity index is 1.70. The van der Waals surface area contributed by atoms with Gasteiger partial charge >= 0.3 is 0 Å². The summed E-state index contributed by atoms with van der Waals surface area (Å²) in [5.41, 5.74) is 0. The van der Waals surface area contributed by atoms with Crippen molar-refractivity contribution in [3.63, 3.8) is 0 Å². The van der Waals surface area contributed by atoms with Crippen LogP contribution in [-0.4, -0.2) is 5.78 Å². The third-order valence-corrected chi connectivity index (χ3v) is 5.34. The molecule has 0 radical (unpaired) electrons. The number of hydrogen-bond acceptors (Lipinski definition) is 1. The summed E-state index contributed by atoms with van der Waals surface area (Å²) in [6, 6.07) is 0. The van der Waals surface area contributed by atoms with Gasteiger partial charge in [-0.1, -0.05) is 96.8 Å². The van der Waals surface area contributed by atoms with Crippen molar-refractivity contribution >= 4 is 5.78 Å². The van der Waals surface area contributed by atoms with Crippen LogP contribution >= 0.6 is 0 Å². The zero-order valence-corrected chi connectivity index (χ0v) is 15.2. The fourth-order valence-electron chi connectivity index (χ4n) is 3.78. The predicted molar refractivity (Wildman–Crippen MR) is 97.3 cm³/mol. The van der Waals surface area contributed by atoms with Gasteiger partial charge in [0.15, 0.2) is 0 Å². The maximum absolute atomic E-state index is 11.5. The van der Waals surface area contributed by atoms with Crippen LogP contribution in [0, 0.1) is 5.92 Å². The zero-order chi connectivity index (χ0) is 15.9. The Morgan fingerprint density at radius 1 is 0.727 bits per heavy atom. The van der Waals surface area contributed by atoms with E-state index >= 15 is 0 Å². The largest absolute Gasteiger partial charge is 0.299 e. The molecule has 0 heterocycles. The molecular formula is C21H40O. The lowest BCUT2D eigenvalue weighted by atomic mass is 9.98. The molecule has 0 aromatic rings. The van der Waals surface area contributed by atoms with E-state index in [1.165, 1.54) is 103 Å². The third kappa shape index (κ3) is 10.4. The molecule has 0 bridgehead atoms. The Labute approximate surface area is 139 Å². The van der Waals surface area contributed by atoms with Crippen LogP contribution in [0.25, 0.3) is 0 Å². The molecular weight excluding hydrogens is 268 g/mol. The summed E-state index contributed by atoms with van der Waals surface area (Å²) in [4.78, 5) is 11.5. The van der Waals surface area contributed by atoms with E-state index in [0.29, 0.717) is 11.7 Å². The highest BCUT2D eigenvalue weighted by Gasteiger charge is 2.23. The van der Waals surface area contributed by atoms with E-state index < -0.39 is 0 Å². The lowest BCUT2D eigenvalue weighted by Gasteiger charge is -2.07. The molecule has 0 aromatic carbocycles. The van der Waals surface area contributed by atoms with E-state index in [4.69, 9.17) is 0 Å². The number of ketones is 1. The first-order chi connectivity index (χ1) is 10.8. The Morgan fingerprint density at radius 2 is 1.18 bits per heavy atom. The summed E-state index contributed by atoms with van der Waals surface area (Å²) in [7, 11) is 0. The number of Topliss-reactive ketones (excluding diaryl/α,β-unsaturated/α-hetero) is 1. The molecule has 1 aliphatic carbocycles. The molecule has 0 aliphatic heterocycles. The first kappa shape index (κ1) is 19.7. The summed E-state index contributed by atoms with van der Waals surface area (Å²) < 4.78 is 0. The van der Waals surface area contributed by atoms with Gasteiger partial charge in [0.2, 0.25) is 0 Å². The van der Waals surface area contributed by atoms with E-state index in [9.17, 15) is 4.79 Å². The lowest BCUT2D eigenvalue weighted by Crippen LogP contribution is -2.05. The molecule has 1 saturated carbocycles. The van der Waals surface area contributed by atoms with Crippen LogP contribution in [0.2, 0.25) is 0 Å². The average Bonchev–Trinajstić information content (AvgIpc) is 2.93. The van der Waals surface area contributed by atoms with Gasteiger partial charge in [0, 0.05) is 12.3 Å². The van der Waals surface area contributed by atoms with Crippen molar-refractivity contribution in [2.75, 3.05) is 0 Å². The third-order valence-electron chi connectivity index (χ3n) is 5.34. The van der Waals surface area contributed by atoms with E-state index in [2.05, 4.69) is 6.92 Å². The minimum atomic E-state index is 0.442. The SMILES string of the molecule is CCCCCCCCCCCCCCCCC1CCCC1=O. The number of unbranched alkanes of at least 4 members (excludes halogenated alkanes) is 13. The molecule has 0 spiro atoms. The van der Waals surface area contributed by atoms with Crippen molar-refractivity contribution in [3.05, 3.63) is 0 Å². The van der Waals surface area contributed by atoms with Crippen LogP contribution in [0.5, 0.6) is 0 Å². The van der Waals surface area contributed by atoms with E-state index in [0.717, 1.165) is 12.8 Å². The minimum Gasteiger partial charge on any atom is -0.299 e. The maximum Gasteiger partial charge on any atom is 0.135 e. The highest BCUT2D eigenvalue weighted by atomic mass is 16.1. The number of carbonyl (C=O) groups excluding carboxylic acids is 1. The van der Waals surface area contributed by atoms with Crippen LogP contribution in [0.3, 0.4) is 0 Å². The molecule has 0 amide bonds. The highest BCUT2D eigenvalue weighted by Crippen LogP contribution is 2.26. The number of carbonyl (C=O) groups is 1. The van der Waals surface area contributed by atoms with E-state index in [-0.39, 0.29) is 0 Å². The summed E-state index contributed by atoms with van der Waals surface area (Å²) in [5, 5.41) is 0. The van der Waals surface area contributed by atoms with Crippen LogP contribution < -0.4 is 0 Å². The van der Waals surface area contributed by atoms with Gasteiger partial charge in [-0.3, -0.25) is 4.79 Å². The van der Waals surface area contributed by atoms with Gasteiger partial charge in [0.1, 0.15) is 5.78 Å². The Kier molecular flexibility index (Phi) is 12.8. The molecule has 1 heteroatoms. The van der Waals surface area contributed by atoms with Crippen molar-refractivity contribution in [2.45, 2.75) is 122 Å². The lowest BCUT2D eigenvalue weighted by molar-refractivity contribution is -0.120. The van der Waals surface area contributed by atoms with Crippen molar-refractivity contribution in [3.8, 4) is 0 Å². The van der Waals surface area contributed by atoms with Crippen LogP contribution in [0.1, 0.15) is 122 Å². The second kappa shape index (κ2) is 14.3. The first-order valence-electron chi connectivity index (χ1n) is 10.4. The van der Waals surface area contributed by atoms with Gasteiger partial charge in [-0.15, -0.1) is 0 Å². The van der Waals surface area contributed by atoms with Crippen molar-refractivity contribution in [1.82, 2.24) is 0 Å². The van der Waals surface area contributed by atoms with Gasteiger partial charge < -0.3 is 0 Å². The standard InChI is InChI=1S/C21H40O/c1-2-3-4-5-6-7-8-9-10-11-12-13-14-15-17-20-18-16-19-21(20)22/h20H,2-19H2,1H3. The predicted octanol–water partition coefficient (Wildman–Crippen LogP) is 7.23. The minimum absolute atomic E-state index is 0.442. The fraction of sp³-hybridized carbons (Fsp3) is 0.952. The second-order valence-electron chi connectivity index (χ2n) is 7.44. The molecule has 1 rings (SSSR count). The molecule has 1 nitrogen and oxygen atoms in total. The van der Waals surface area contributed by atoms with Crippen LogP contribution in [0.4, 0.5) is 0 Å². The monoisotopic (exact) mass is 308 g/mol. The van der Waals surface area contributed by atoms with Gasteiger partial charge in [-0.25, -0.2) is 0 Å². The molecule has 1 atom stereocenters. The molecule has 22 heavy (non-hydrogen) atoms. The molecule has 1 fully saturated rings. The summed E-state index contributed by atoms with van der Waals surface area (Å²) in [5.74, 6) is 0.993. The highest BCUT2D eigenvalue weighted by molar-refractivity contribution is 5.82. The van der Waals surface area contributed by atoms with Crippen LogP contribution in [0.15, 0.2) is 0 Å².